The average molecular weight is 1240 g/mol. The summed E-state index contributed by atoms with van der Waals surface area (Å²) in [5.74, 6) is -0.762. The Kier molecular flexibility index (Phi) is 23.2. The largest absolute Gasteiger partial charge is 0.478 e. The second kappa shape index (κ2) is 29.0. The first-order valence-corrected chi connectivity index (χ1v) is 24.2. The smallest absolute Gasteiger partial charge is 0.433 e. The molecule has 5 heterocycles. The van der Waals surface area contributed by atoms with E-state index in [1.54, 1.807) is 67.6 Å². The fraction of sp³-hybridized carbons (Fsp3) is 0.167. The van der Waals surface area contributed by atoms with Crippen molar-refractivity contribution in [2.24, 2.45) is 0 Å². The average Bonchev–Trinajstić information content (AvgIpc) is 3.83. The summed E-state index contributed by atoms with van der Waals surface area (Å²) in [5.41, 5.74) is 7.35. The number of fused-ring (bicyclic) bond motifs is 2. The van der Waals surface area contributed by atoms with Crippen LogP contribution in [0.3, 0.4) is 0 Å². The number of carboxylic acid groups (broad SMARTS) is 1. The van der Waals surface area contributed by atoms with E-state index < -0.39 is 53.4 Å². The molecule has 18 nitrogen and oxygen atoms in total. The molecular formula is C54H40Cl3F9N8O10. The van der Waals surface area contributed by atoms with Crippen molar-refractivity contribution in [1.82, 2.24) is 24.9 Å². The van der Waals surface area contributed by atoms with E-state index in [2.05, 4.69) is 35.6 Å². The maximum Gasteiger partial charge on any atom is 0.433 e. The van der Waals surface area contributed by atoms with E-state index in [1.807, 2.05) is 13.0 Å². The van der Waals surface area contributed by atoms with Crippen LogP contribution in [-0.2, 0) is 37.7 Å². The minimum Gasteiger partial charge on any atom is -0.478 e. The van der Waals surface area contributed by atoms with E-state index in [1.165, 1.54) is 20.8 Å². The molecule has 2 amide bonds. The summed E-state index contributed by atoms with van der Waals surface area (Å²) in [6.45, 7) is 7.78. The van der Waals surface area contributed by atoms with Crippen molar-refractivity contribution in [1.29, 1.82) is 0 Å². The van der Waals surface area contributed by atoms with Crippen LogP contribution < -0.4 is 25.8 Å². The van der Waals surface area contributed by atoms with Crippen molar-refractivity contribution in [3.63, 3.8) is 0 Å². The topological polar surface area (TPSA) is 276 Å². The highest BCUT2D eigenvalue weighted by atomic mass is 35.5. The molecule has 9 rings (SSSR count). The zero-order valence-electron chi connectivity index (χ0n) is 43.5. The number of anilines is 3. The SMILES string of the molecule is Cc1cc(N)ccc1Cl.Cc1cc(NC(=O)c2ccc(C(F)(F)F)nc2C)ccc1Cl.Cc1nc(C(F)(F)F)ccc1C(=O)Nc1ccc(Cl)c(-c2nc3cc4c(cc3[nH]2)OCO4)c1.Cc1nc(C(F)(F)F)ccc1C(=O)O.O=C=O.O=C=O. The van der Waals surface area contributed by atoms with E-state index >= 15 is 0 Å². The summed E-state index contributed by atoms with van der Waals surface area (Å²) in [7, 11) is 0. The van der Waals surface area contributed by atoms with Crippen LogP contribution in [0.5, 0.6) is 11.5 Å². The molecule has 1 aliphatic rings. The summed E-state index contributed by atoms with van der Waals surface area (Å²) in [4.78, 5) is 85.5. The second-order valence-electron chi connectivity index (χ2n) is 16.8. The summed E-state index contributed by atoms with van der Waals surface area (Å²) in [6, 6.07) is 24.0. The minimum atomic E-state index is -4.59. The molecule has 0 aliphatic carbocycles. The highest BCUT2D eigenvalue weighted by Gasteiger charge is 2.35. The van der Waals surface area contributed by atoms with Crippen molar-refractivity contribution in [3.8, 4) is 22.9 Å². The number of nitrogens with one attached hydrogen (secondary N) is 3. The third kappa shape index (κ3) is 18.8. The number of hydrogen-bond donors (Lipinski definition) is 5. The minimum absolute atomic E-state index is 0.0120. The molecule has 4 aromatic carbocycles. The number of amides is 2. The number of nitrogens with zero attached hydrogens (tertiary/aromatic N) is 4. The number of aromatic amines is 1. The predicted octanol–water partition coefficient (Wildman–Crippen LogP) is 13.4. The van der Waals surface area contributed by atoms with E-state index in [4.69, 9.17) is 74.3 Å². The summed E-state index contributed by atoms with van der Waals surface area (Å²) in [6.07, 6.45) is -13.2. The number of carbonyl (C=O) groups excluding carboxylic acids is 6. The third-order valence-corrected chi connectivity index (χ3v) is 12.1. The van der Waals surface area contributed by atoms with Gasteiger partial charge in [-0.1, -0.05) is 34.8 Å². The Morgan fingerprint density at radius 1 is 0.548 bits per heavy atom. The van der Waals surface area contributed by atoms with Gasteiger partial charge in [-0.3, -0.25) is 9.59 Å². The molecule has 0 spiro atoms. The first-order chi connectivity index (χ1) is 39.2. The Morgan fingerprint density at radius 2 is 0.940 bits per heavy atom. The Balaban J connectivity index is 0.000000255. The van der Waals surface area contributed by atoms with E-state index in [-0.39, 0.29) is 52.9 Å². The standard InChI is InChI=1S/C22H14ClF3N4O3.C15H12ClF3N2O.C8H6F3NO2.C7H8ClN.2CO2/c1-10-12(3-5-19(27-10)22(24,25)26)21(31)28-11-2-4-14(23)13(6-11)20-29-15-7-17-18(33-9-32-17)8-16(15)30-20;1-8-7-10(3-5-12(8)16)21-14(22)11-4-6-13(15(17,18)19)20-9(11)2;1-4-5(7(13)14)2-3-6(12-4)8(9,10)11;1-5-4-6(9)2-3-7(5)8;2*2-1-3/h2-8H,9H2,1H3,(H,28,31)(H,29,30);3-7H,1-2H3,(H,21,22);2-3H,1H3,(H,13,14);2-4H,9H2,1H3;;. The van der Waals surface area contributed by atoms with Crippen LogP contribution in [0.1, 0.15) is 76.4 Å². The molecule has 0 unspecified atom stereocenters. The molecule has 0 saturated heterocycles. The van der Waals surface area contributed by atoms with E-state index in [0.717, 1.165) is 52.2 Å². The van der Waals surface area contributed by atoms with Gasteiger partial charge in [0.15, 0.2) is 11.5 Å². The zero-order chi connectivity index (χ0) is 63.0. The van der Waals surface area contributed by atoms with Crippen LogP contribution in [0.2, 0.25) is 15.1 Å². The quantitative estimate of drug-likeness (QED) is 0.0765. The normalized spacial score (nSPS) is 11.2. The molecule has 0 atom stereocenters. The van der Waals surface area contributed by atoms with Crippen LogP contribution in [0.4, 0.5) is 56.6 Å². The molecule has 8 aromatic rings. The second-order valence-corrected chi connectivity index (χ2v) is 18.1. The van der Waals surface area contributed by atoms with Crippen LogP contribution in [0.15, 0.2) is 103 Å². The van der Waals surface area contributed by atoms with Gasteiger partial charge in [0.2, 0.25) is 6.79 Å². The lowest BCUT2D eigenvalue weighted by atomic mass is 10.1. The third-order valence-electron chi connectivity index (χ3n) is 10.9. The maximum atomic E-state index is 12.8. The molecule has 6 N–H and O–H groups in total. The van der Waals surface area contributed by atoms with Gasteiger partial charge in [-0.25, -0.2) is 24.7 Å². The summed E-state index contributed by atoms with van der Waals surface area (Å²) >= 11 is 18.0. The fourth-order valence-electron chi connectivity index (χ4n) is 6.96. The number of H-pyrrole nitrogens is 1. The van der Waals surface area contributed by atoms with Gasteiger partial charge in [0.05, 0.1) is 49.8 Å². The lowest BCUT2D eigenvalue weighted by molar-refractivity contribution is -0.193. The Hall–Kier alpha value is -9.39. The number of nitrogen functional groups attached to an aromatic ring is 1. The zero-order valence-corrected chi connectivity index (χ0v) is 45.8. The van der Waals surface area contributed by atoms with Gasteiger partial charge in [0.25, 0.3) is 11.8 Å². The number of carboxylic acids is 1. The summed E-state index contributed by atoms with van der Waals surface area (Å²) in [5, 5.41) is 15.5. The molecule has 84 heavy (non-hydrogen) atoms. The Morgan fingerprint density at radius 3 is 1.33 bits per heavy atom. The van der Waals surface area contributed by atoms with Crippen LogP contribution in [0, 0.1) is 34.6 Å². The molecule has 0 radical (unpaired) electrons. The number of ether oxygens (including phenoxy) is 2. The number of imidazole rings is 1. The summed E-state index contributed by atoms with van der Waals surface area (Å²) < 4.78 is 123. The molecule has 1 aliphatic heterocycles. The number of aryl methyl sites for hydroxylation is 5. The number of aromatic nitrogens is 5. The van der Waals surface area contributed by atoms with Crippen LogP contribution in [-0.4, -0.2) is 66.9 Å². The lowest BCUT2D eigenvalue weighted by Gasteiger charge is -2.11. The highest BCUT2D eigenvalue weighted by Crippen LogP contribution is 2.38. The van der Waals surface area contributed by atoms with Crippen LogP contribution in [0.25, 0.3) is 22.4 Å². The highest BCUT2D eigenvalue weighted by molar-refractivity contribution is 6.33. The number of nitrogens with two attached hydrogens (primary N) is 1. The van der Waals surface area contributed by atoms with Gasteiger partial charge < -0.3 is 35.9 Å². The maximum absolute atomic E-state index is 12.8. The van der Waals surface area contributed by atoms with Crippen LogP contribution >= 0.6 is 34.8 Å². The number of hydrogen-bond acceptors (Lipinski definition) is 14. The number of aromatic carboxylic acids is 1. The molecule has 440 valence electrons. The van der Waals surface area contributed by atoms with E-state index in [0.29, 0.717) is 61.4 Å². The van der Waals surface area contributed by atoms with Gasteiger partial charge in [-0.05, 0) is 137 Å². The molecule has 0 saturated carbocycles. The molecule has 0 fully saturated rings. The molecular weight excluding hydrogens is 1200 g/mol. The van der Waals surface area contributed by atoms with Gasteiger partial charge in [0, 0.05) is 44.8 Å². The van der Waals surface area contributed by atoms with Gasteiger partial charge in [-0.15, -0.1) is 0 Å². The number of pyridine rings is 3. The number of alkyl halides is 9. The number of carbonyl (C=O) groups is 3. The van der Waals surface area contributed by atoms with Crippen molar-refractivity contribution < 1.29 is 87.7 Å². The van der Waals surface area contributed by atoms with E-state index in [9.17, 15) is 53.9 Å². The number of benzene rings is 4. The number of halogens is 12. The van der Waals surface area contributed by atoms with Crippen molar-refractivity contribution in [3.05, 3.63) is 180 Å². The van der Waals surface area contributed by atoms with Crippen molar-refractivity contribution >= 4 is 93.0 Å². The first kappa shape index (κ1) is 67.1. The Labute approximate surface area is 483 Å². The fourth-order valence-corrected chi connectivity index (χ4v) is 7.40. The molecule has 0 bridgehead atoms. The van der Waals surface area contributed by atoms with Gasteiger partial charge in [-0.2, -0.15) is 58.7 Å². The molecule has 30 heteroatoms. The van der Waals surface area contributed by atoms with Gasteiger partial charge in [0.1, 0.15) is 22.9 Å². The number of rotatable bonds is 6. The molecule has 4 aromatic heterocycles. The first-order valence-electron chi connectivity index (χ1n) is 23.1. The van der Waals surface area contributed by atoms with Crippen molar-refractivity contribution in [2.75, 3.05) is 23.2 Å². The van der Waals surface area contributed by atoms with Gasteiger partial charge >= 0.3 is 36.8 Å². The lowest BCUT2D eigenvalue weighted by Crippen LogP contribution is -2.16. The van der Waals surface area contributed by atoms with Crippen molar-refractivity contribution in [2.45, 2.75) is 53.1 Å². The monoisotopic (exact) mass is 1240 g/mol. The predicted molar refractivity (Wildman–Crippen MR) is 284 cm³/mol. The Bertz CT molecular complexity index is 3740.